The molecule has 0 aromatic heterocycles. The Labute approximate surface area is 66.2 Å². The molecule has 4 heteroatoms. The predicted octanol–water partition coefficient (Wildman–Crippen LogP) is 0.206. The molecule has 1 unspecified atom stereocenters. The fourth-order valence-corrected chi connectivity index (χ4v) is 1.34. The van der Waals surface area contributed by atoms with Crippen LogP contribution in [0.15, 0.2) is 0 Å². The molecule has 64 valence electrons. The number of hydrogen-bond donors (Lipinski definition) is 2. The van der Waals surface area contributed by atoms with Crippen molar-refractivity contribution in [2.75, 3.05) is 26.7 Å². The van der Waals surface area contributed by atoms with Crippen molar-refractivity contribution in [2.45, 2.75) is 6.42 Å². The van der Waals surface area contributed by atoms with Gasteiger partial charge in [0, 0.05) is 13.6 Å². The van der Waals surface area contributed by atoms with Crippen molar-refractivity contribution >= 4 is 6.09 Å². The zero-order valence-corrected chi connectivity index (χ0v) is 6.71. The molecular weight excluding hydrogens is 144 g/mol. The lowest BCUT2D eigenvalue weighted by Gasteiger charge is -2.16. The van der Waals surface area contributed by atoms with Crippen LogP contribution in [0, 0.1) is 5.92 Å². The summed E-state index contributed by atoms with van der Waals surface area (Å²) in [7, 11) is 1.61. The largest absolute Gasteiger partial charge is 0.465 e. The van der Waals surface area contributed by atoms with Crippen LogP contribution in [0.25, 0.3) is 0 Å². The molecule has 1 saturated heterocycles. The van der Waals surface area contributed by atoms with Crippen LogP contribution in [-0.4, -0.2) is 42.8 Å². The summed E-state index contributed by atoms with van der Waals surface area (Å²) in [5, 5.41) is 11.7. The number of hydrogen-bond acceptors (Lipinski definition) is 2. The average Bonchev–Trinajstić information content (AvgIpc) is 2.39. The minimum Gasteiger partial charge on any atom is -0.465 e. The molecule has 1 fully saturated rings. The van der Waals surface area contributed by atoms with Gasteiger partial charge in [0.05, 0.1) is 0 Å². The van der Waals surface area contributed by atoms with E-state index in [0.717, 1.165) is 19.5 Å². The number of amides is 1. The third-order valence-corrected chi connectivity index (χ3v) is 2.02. The van der Waals surface area contributed by atoms with Crippen molar-refractivity contribution in [3.05, 3.63) is 0 Å². The van der Waals surface area contributed by atoms with Crippen LogP contribution >= 0.6 is 0 Å². The normalized spacial score (nSPS) is 23.5. The molecule has 1 aliphatic heterocycles. The average molecular weight is 158 g/mol. The summed E-state index contributed by atoms with van der Waals surface area (Å²) < 4.78 is 0. The van der Waals surface area contributed by atoms with Crippen LogP contribution in [0.1, 0.15) is 6.42 Å². The molecule has 1 heterocycles. The Kier molecular flexibility index (Phi) is 2.70. The molecule has 1 aliphatic rings. The SMILES string of the molecule is CN(CC1CCNC1)C(=O)O. The van der Waals surface area contributed by atoms with Crippen molar-refractivity contribution in [3.8, 4) is 0 Å². The van der Waals surface area contributed by atoms with Crippen molar-refractivity contribution in [2.24, 2.45) is 5.92 Å². The number of rotatable bonds is 2. The maximum absolute atomic E-state index is 10.4. The van der Waals surface area contributed by atoms with Gasteiger partial charge in [0.2, 0.25) is 0 Å². The molecule has 1 atom stereocenters. The van der Waals surface area contributed by atoms with Gasteiger partial charge in [-0.1, -0.05) is 0 Å². The summed E-state index contributed by atoms with van der Waals surface area (Å²) in [4.78, 5) is 11.7. The second kappa shape index (κ2) is 3.57. The minimum atomic E-state index is -0.836. The van der Waals surface area contributed by atoms with E-state index in [9.17, 15) is 4.79 Å². The molecular formula is C7H14N2O2. The van der Waals surface area contributed by atoms with Crippen LogP contribution in [0.5, 0.6) is 0 Å². The van der Waals surface area contributed by atoms with E-state index in [4.69, 9.17) is 5.11 Å². The monoisotopic (exact) mass is 158 g/mol. The Morgan fingerprint density at radius 2 is 2.55 bits per heavy atom. The zero-order chi connectivity index (χ0) is 8.27. The fourth-order valence-electron chi connectivity index (χ4n) is 1.34. The van der Waals surface area contributed by atoms with Crippen LogP contribution in [0.3, 0.4) is 0 Å². The Hall–Kier alpha value is -0.770. The molecule has 0 saturated carbocycles. The smallest absolute Gasteiger partial charge is 0.407 e. The summed E-state index contributed by atoms with van der Waals surface area (Å²) in [6.07, 6.45) is 0.259. The van der Waals surface area contributed by atoms with Crippen LogP contribution < -0.4 is 5.32 Å². The van der Waals surface area contributed by atoms with Crippen LogP contribution in [0.4, 0.5) is 4.79 Å². The van der Waals surface area contributed by atoms with E-state index in [1.165, 1.54) is 4.90 Å². The molecule has 11 heavy (non-hydrogen) atoms. The van der Waals surface area contributed by atoms with Crippen molar-refractivity contribution in [1.29, 1.82) is 0 Å². The molecule has 2 N–H and O–H groups in total. The van der Waals surface area contributed by atoms with Crippen molar-refractivity contribution < 1.29 is 9.90 Å². The number of carbonyl (C=O) groups is 1. The van der Waals surface area contributed by atoms with Crippen molar-refractivity contribution in [1.82, 2.24) is 10.2 Å². The molecule has 0 radical (unpaired) electrons. The predicted molar refractivity (Wildman–Crippen MR) is 41.6 cm³/mol. The van der Waals surface area contributed by atoms with E-state index < -0.39 is 6.09 Å². The highest BCUT2D eigenvalue weighted by molar-refractivity contribution is 5.64. The number of carboxylic acid groups (broad SMARTS) is 1. The van der Waals surface area contributed by atoms with Gasteiger partial charge in [-0.15, -0.1) is 0 Å². The number of nitrogens with zero attached hydrogens (tertiary/aromatic N) is 1. The van der Waals surface area contributed by atoms with Gasteiger partial charge in [-0.05, 0) is 25.4 Å². The van der Waals surface area contributed by atoms with E-state index in [2.05, 4.69) is 5.32 Å². The molecule has 0 spiro atoms. The van der Waals surface area contributed by atoms with Crippen LogP contribution in [-0.2, 0) is 0 Å². The molecule has 0 bridgehead atoms. The molecule has 0 aromatic rings. The molecule has 0 aliphatic carbocycles. The highest BCUT2D eigenvalue weighted by Crippen LogP contribution is 2.08. The highest BCUT2D eigenvalue weighted by atomic mass is 16.4. The second-order valence-electron chi connectivity index (χ2n) is 3.02. The van der Waals surface area contributed by atoms with Gasteiger partial charge >= 0.3 is 6.09 Å². The van der Waals surface area contributed by atoms with E-state index in [1.807, 2.05) is 0 Å². The third kappa shape index (κ3) is 2.38. The van der Waals surface area contributed by atoms with E-state index >= 15 is 0 Å². The zero-order valence-electron chi connectivity index (χ0n) is 6.71. The quantitative estimate of drug-likeness (QED) is 0.604. The summed E-state index contributed by atoms with van der Waals surface area (Å²) in [6.45, 7) is 2.64. The van der Waals surface area contributed by atoms with E-state index in [-0.39, 0.29) is 0 Å². The first-order chi connectivity index (χ1) is 5.20. The van der Waals surface area contributed by atoms with Gasteiger partial charge in [-0.3, -0.25) is 0 Å². The topological polar surface area (TPSA) is 52.6 Å². The van der Waals surface area contributed by atoms with Gasteiger partial charge in [0.1, 0.15) is 0 Å². The molecule has 4 nitrogen and oxygen atoms in total. The Bertz CT molecular complexity index is 143. The summed E-state index contributed by atoms with van der Waals surface area (Å²) in [6, 6.07) is 0. The first-order valence-corrected chi connectivity index (χ1v) is 3.85. The van der Waals surface area contributed by atoms with E-state index in [1.54, 1.807) is 7.05 Å². The summed E-state index contributed by atoms with van der Waals surface area (Å²) in [5.41, 5.74) is 0. The van der Waals surface area contributed by atoms with Gasteiger partial charge in [0.15, 0.2) is 0 Å². The molecule has 1 rings (SSSR count). The Morgan fingerprint density at radius 1 is 1.82 bits per heavy atom. The van der Waals surface area contributed by atoms with Gasteiger partial charge in [0.25, 0.3) is 0 Å². The van der Waals surface area contributed by atoms with Crippen LogP contribution in [0.2, 0.25) is 0 Å². The van der Waals surface area contributed by atoms with Gasteiger partial charge < -0.3 is 15.3 Å². The minimum absolute atomic E-state index is 0.510. The lowest BCUT2D eigenvalue weighted by molar-refractivity contribution is 0.150. The lowest BCUT2D eigenvalue weighted by Crippen LogP contribution is -2.31. The standard InChI is InChI=1S/C7H14N2O2/c1-9(7(10)11)5-6-2-3-8-4-6/h6,8H,2-5H2,1H3,(H,10,11). The summed E-state index contributed by atoms with van der Waals surface area (Å²) in [5.74, 6) is 0.510. The maximum atomic E-state index is 10.4. The van der Waals surface area contributed by atoms with Crippen molar-refractivity contribution in [3.63, 3.8) is 0 Å². The van der Waals surface area contributed by atoms with Gasteiger partial charge in [-0.2, -0.15) is 0 Å². The second-order valence-corrected chi connectivity index (χ2v) is 3.02. The van der Waals surface area contributed by atoms with E-state index in [0.29, 0.717) is 12.5 Å². The Morgan fingerprint density at radius 3 is 3.00 bits per heavy atom. The molecule has 0 aromatic carbocycles. The first kappa shape index (κ1) is 8.33. The number of nitrogens with one attached hydrogen (secondary N) is 1. The van der Waals surface area contributed by atoms with Gasteiger partial charge in [-0.25, -0.2) is 4.79 Å². The maximum Gasteiger partial charge on any atom is 0.407 e. The summed E-state index contributed by atoms with van der Waals surface area (Å²) >= 11 is 0. The molecule has 1 amide bonds. The lowest BCUT2D eigenvalue weighted by atomic mass is 10.1. The highest BCUT2D eigenvalue weighted by Gasteiger charge is 2.17. The Balaban J connectivity index is 2.23. The third-order valence-electron chi connectivity index (χ3n) is 2.02. The first-order valence-electron chi connectivity index (χ1n) is 3.85. The fraction of sp³-hybridized carbons (Fsp3) is 0.857.